The molecule has 0 bridgehead atoms. The maximum absolute atomic E-state index is 11.4. The van der Waals surface area contributed by atoms with Crippen molar-refractivity contribution in [3.63, 3.8) is 0 Å². The number of hydrogen-bond acceptors (Lipinski definition) is 4. The molecule has 2 N–H and O–H groups in total. The second-order valence-electron chi connectivity index (χ2n) is 5.83. The molecule has 0 spiro atoms. The zero-order chi connectivity index (χ0) is 14.8. The molecule has 1 aromatic heterocycles. The number of amides is 1. The fourth-order valence-corrected chi connectivity index (χ4v) is 2.34. The molecule has 0 saturated heterocycles. The van der Waals surface area contributed by atoms with Gasteiger partial charge in [-0.15, -0.1) is 11.3 Å². The lowest BCUT2D eigenvalue weighted by Crippen LogP contribution is -2.41. The van der Waals surface area contributed by atoms with Gasteiger partial charge in [-0.2, -0.15) is 0 Å². The van der Waals surface area contributed by atoms with Crippen LogP contribution in [0.25, 0.3) is 0 Å². The van der Waals surface area contributed by atoms with Gasteiger partial charge in [0.25, 0.3) is 0 Å². The fourth-order valence-electron chi connectivity index (χ4n) is 1.66. The zero-order valence-corrected chi connectivity index (χ0v) is 13.5. The molecule has 1 heterocycles. The van der Waals surface area contributed by atoms with E-state index in [4.69, 9.17) is 4.74 Å². The van der Waals surface area contributed by atoms with Gasteiger partial charge >= 0.3 is 6.09 Å². The van der Waals surface area contributed by atoms with Crippen LogP contribution in [0.5, 0.6) is 0 Å². The number of carbonyl (C=O) groups is 1. The highest BCUT2D eigenvalue weighted by Gasteiger charge is 2.13. The highest BCUT2D eigenvalue weighted by atomic mass is 32.1. The van der Waals surface area contributed by atoms with E-state index in [9.17, 15) is 4.79 Å². The summed E-state index contributed by atoms with van der Waals surface area (Å²) in [5.41, 5.74) is -0.233. The smallest absolute Gasteiger partial charge is 0.407 e. The van der Waals surface area contributed by atoms with Crippen molar-refractivity contribution in [3.05, 3.63) is 22.4 Å². The van der Waals surface area contributed by atoms with E-state index in [1.807, 2.05) is 20.8 Å². The van der Waals surface area contributed by atoms with Crippen molar-refractivity contribution in [2.45, 2.75) is 52.1 Å². The Kier molecular flexibility index (Phi) is 7.62. The molecule has 20 heavy (non-hydrogen) atoms. The number of thiophene rings is 1. The first-order valence-corrected chi connectivity index (χ1v) is 8.03. The van der Waals surface area contributed by atoms with Gasteiger partial charge in [-0.1, -0.05) is 6.07 Å². The van der Waals surface area contributed by atoms with Crippen LogP contribution in [-0.2, 0) is 11.3 Å². The zero-order valence-electron chi connectivity index (χ0n) is 12.7. The molecule has 0 radical (unpaired) electrons. The molecule has 0 aromatic carbocycles. The van der Waals surface area contributed by atoms with Crippen LogP contribution in [0.4, 0.5) is 4.79 Å². The fraction of sp³-hybridized carbons (Fsp3) is 0.667. The second-order valence-corrected chi connectivity index (χ2v) is 6.86. The van der Waals surface area contributed by atoms with E-state index in [2.05, 4.69) is 28.1 Å². The molecule has 1 rings (SSSR count). The van der Waals surface area contributed by atoms with Gasteiger partial charge in [-0.25, -0.2) is 4.79 Å². The summed E-state index contributed by atoms with van der Waals surface area (Å²) in [7, 11) is 0. The number of hydrogen-bond donors (Lipinski definition) is 2. The van der Waals surface area contributed by atoms with E-state index in [1.165, 1.54) is 4.88 Å². The number of carbonyl (C=O) groups excluding carboxylic acids is 1. The summed E-state index contributed by atoms with van der Waals surface area (Å²) in [6.45, 7) is 8.26. The third-order valence-corrected chi connectivity index (χ3v) is 3.46. The van der Waals surface area contributed by atoms with E-state index >= 15 is 0 Å². The predicted molar refractivity (Wildman–Crippen MR) is 84.1 cm³/mol. The third kappa shape index (κ3) is 8.93. The van der Waals surface area contributed by atoms with E-state index in [0.29, 0.717) is 6.61 Å². The van der Waals surface area contributed by atoms with Gasteiger partial charge in [0.1, 0.15) is 0 Å². The van der Waals surface area contributed by atoms with Crippen molar-refractivity contribution in [1.29, 1.82) is 0 Å². The minimum Gasteiger partial charge on any atom is -0.450 e. The van der Waals surface area contributed by atoms with Crippen LogP contribution in [-0.4, -0.2) is 24.8 Å². The maximum Gasteiger partial charge on any atom is 0.407 e. The summed E-state index contributed by atoms with van der Waals surface area (Å²) in [5, 5.41) is 8.28. The summed E-state index contributed by atoms with van der Waals surface area (Å²) in [4.78, 5) is 12.7. The first-order chi connectivity index (χ1) is 9.47. The number of rotatable bonds is 8. The molecule has 0 aliphatic heterocycles. The lowest BCUT2D eigenvalue weighted by molar-refractivity contribution is 0.135. The minimum absolute atomic E-state index is 0.233. The van der Waals surface area contributed by atoms with E-state index in [-0.39, 0.29) is 11.6 Å². The standard InChI is InChI=1S/C15H26N2O2S/c1-15(2,3)17-14(18)19-10-6-4-5-9-16-12-13-8-7-11-20-13/h7-8,11,16H,4-6,9-10,12H2,1-3H3,(H,17,18). The number of alkyl carbamates (subject to hydrolysis) is 1. The Morgan fingerprint density at radius 1 is 1.30 bits per heavy atom. The molecule has 0 atom stereocenters. The summed E-state index contributed by atoms with van der Waals surface area (Å²) in [6.07, 6.45) is 2.77. The molecule has 4 nitrogen and oxygen atoms in total. The van der Waals surface area contributed by atoms with Crippen LogP contribution in [0, 0.1) is 0 Å². The molecule has 114 valence electrons. The summed E-state index contributed by atoms with van der Waals surface area (Å²) < 4.78 is 5.11. The Bertz CT molecular complexity index is 372. The molecule has 5 heteroatoms. The molecule has 0 aliphatic rings. The van der Waals surface area contributed by atoms with Crippen molar-refractivity contribution in [2.24, 2.45) is 0 Å². The van der Waals surface area contributed by atoms with Crippen LogP contribution < -0.4 is 10.6 Å². The first-order valence-electron chi connectivity index (χ1n) is 7.15. The van der Waals surface area contributed by atoms with Crippen molar-refractivity contribution in [2.75, 3.05) is 13.2 Å². The van der Waals surface area contributed by atoms with Gasteiger partial charge in [-0.3, -0.25) is 0 Å². The summed E-state index contributed by atoms with van der Waals surface area (Å²) in [6, 6.07) is 4.21. The summed E-state index contributed by atoms with van der Waals surface area (Å²) >= 11 is 1.78. The topological polar surface area (TPSA) is 50.4 Å². The predicted octanol–water partition coefficient (Wildman–Crippen LogP) is 3.53. The van der Waals surface area contributed by atoms with Crippen molar-refractivity contribution < 1.29 is 9.53 Å². The largest absolute Gasteiger partial charge is 0.450 e. The number of nitrogens with one attached hydrogen (secondary N) is 2. The lowest BCUT2D eigenvalue weighted by Gasteiger charge is -2.19. The molecular formula is C15H26N2O2S. The van der Waals surface area contributed by atoms with E-state index < -0.39 is 0 Å². The van der Waals surface area contributed by atoms with Crippen LogP contribution >= 0.6 is 11.3 Å². The van der Waals surface area contributed by atoms with Crippen molar-refractivity contribution in [3.8, 4) is 0 Å². The number of ether oxygens (including phenoxy) is 1. The van der Waals surface area contributed by atoms with Crippen LogP contribution in [0.1, 0.15) is 44.9 Å². The van der Waals surface area contributed by atoms with Crippen molar-refractivity contribution in [1.82, 2.24) is 10.6 Å². The van der Waals surface area contributed by atoms with Gasteiger partial charge < -0.3 is 15.4 Å². The Balaban J connectivity index is 1.88. The number of unbranched alkanes of at least 4 members (excludes halogenated alkanes) is 2. The normalized spacial score (nSPS) is 11.3. The Labute approximate surface area is 125 Å². The summed E-state index contributed by atoms with van der Waals surface area (Å²) in [5.74, 6) is 0. The highest BCUT2D eigenvalue weighted by Crippen LogP contribution is 2.07. The molecule has 1 aromatic rings. The monoisotopic (exact) mass is 298 g/mol. The van der Waals surface area contributed by atoms with Gasteiger partial charge in [0.05, 0.1) is 6.61 Å². The van der Waals surface area contributed by atoms with E-state index in [0.717, 1.165) is 32.4 Å². The SMILES string of the molecule is CC(C)(C)NC(=O)OCCCCCNCc1cccs1. The van der Waals surface area contributed by atoms with Gasteiger partial charge in [0, 0.05) is 17.0 Å². The quantitative estimate of drug-likeness (QED) is 0.722. The van der Waals surface area contributed by atoms with Gasteiger partial charge in [0.15, 0.2) is 0 Å². The van der Waals surface area contributed by atoms with Crippen LogP contribution in [0.3, 0.4) is 0 Å². The maximum atomic E-state index is 11.4. The second kappa shape index (κ2) is 8.97. The van der Waals surface area contributed by atoms with Crippen LogP contribution in [0.2, 0.25) is 0 Å². The molecule has 0 saturated carbocycles. The minimum atomic E-state index is -0.326. The van der Waals surface area contributed by atoms with Crippen molar-refractivity contribution >= 4 is 17.4 Å². The van der Waals surface area contributed by atoms with E-state index in [1.54, 1.807) is 11.3 Å². The Morgan fingerprint density at radius 3 is 2.75 bits per heavy atom. The lowest BCUT2D eigenvalue weighted by atomic mass is 10.1. The molecule has 0 fully saturated rings. The van der Waals surface area contributed by atoms with Gasteiger partial charge in [-0.05, 0) is 58.0 Å². The Morgan fingerprint density at radius 2 is 2.10 bits per heavy atom. The Hall–Kier alpha value is -1.07. The third-order valence-electron chi connectivity index (χ3n) is 2.59. The van der Waals surface area contributed by atoms with Gasteiger partial charge in [0.2, 0.25) is 0 Å². The molecule has 0 unspecified atom stereocenters. The molecular weight excluding hydrogens is 272 g/mol. The highest BCUT2D eigenvalue weighted by molar-refractivity contribution is 7.09. The first kappa shape index (κ1) is 17.0. The van der Waals surface area contributed by atoms with Crippen LogP contribution in [0.15, 0.2) is 17.5 Å². The average molecular weight is 298 g/mol. The average Bonchev–Trinajstić information content (AvgIpc) is 2.83. The molecule has 0 aliphatic carbocycles. The molecule has 1 amide bonds.